The third-order valence-electron chi connectivity index (χ3n) is 3.26. The normalized spacial score (nSPS) is 12.3. The van der Waals surface area contributed by atoms with Crippen LogP contribution in [-0.4, -0.2) is 24.0 Å². The summed E-state index contributed by atoms with van der Waals surface area (Å²) < 4.78 is 0. The number of carbonyl (C=O) groups excluding carboxylic acids is 1. The average Bonchev–Trinajstić information content (AvgIpc) is 2.37. The molecule has 0 spiro atoms. The van der Waals surface area contributed by atoms with Crippen molar-refractivity contribution in [2.75, 3.05) is 13.1 Å². The predicted octanol–water partition coefficient (Wildman–Crippen LogP) is 1.46. The van der Waals surface area contributed by atoms with Crippen molar-refractivity contribution in [2.45, 2.75) is 33.1 Å². The Balaban J connectivity index is 2.66. The Hall–Kier alpha value is -1.42. The number of pyridine rings is 1. The molecule has 0 aliphatic rings. The Kier molecular flexibility index (Phi) is 4.46. The number of hydrogen-bond donors (Lipinski definition) is 2. The zero-order valence-corrected chi connectivity index (χ0v) is 11.7. The van der Waals surface area contributed by atoms with Crippen molar-refractivity contribution >= 4 is 5.91 Å². The van der Waals surface area contributed by atoms with E-state index in [2.05, 4.69) is 24.1 Å². The Morgan fingerprint density at radius 2 is 2.06 bits per heavy atom. The standard InChI is InChI=1S/C14H23N3O/c1-13(2,9-15)12(18)17-10-14(3,4)11-6-5-7-16-8-11/h5-8H,9-10,15H2,1-4H3,(H,17,18). The molecule has 0 aliphatic heterocycles. The van der Waals surface area contributed by atoms with E-state index in [1.54, 1.807) is 6.20 Å². The summed E-state index contributed by atoms with van der Waals surface area (Å²) in [6, 6.07) is 3.93. The predicted molar refractivity (Wildman–Crippen MR) is 73.1 cm³/mol. The summed E-state index contributed by atoms with van der Waals surface area (Å²) in [4.78, 5) is 16.1. The van der Waals surface area contributed by atoms with Gasteiger partial charge in [0, 0.05) is 30.9 Å². The highest BCUT2D eigenvalue weighted by atomic mass is 16.2. The fourth-order valence-corrected chi connectivity index (χ4v) is 1.50. The van der Waals surface area contributed by atoms with Gasteiger partial charge in [-0.25, -0.2) is 0 Å². The summed E-state index contributed by atoms with van der Waals surface area (Å²) in [6.45, 7) is 8.77. The highest BCUT2D eigenvalue weighted by Gasteiger charge is 2.28. The number of rotatable bonds is 5. The number of amides is 1. The van der Waals surface area contributed by atoms with Crippen LogP contribution in [0.2, 0.25) is 0 Å². The van der Waals surface area contributed by atoms with Crippen molar-refractivity contribution in [2.24, 2.45) is 11.1 Å². The van der Waals surface area contributed by atoms with Crippen LogP contribution in [0, 0.1) is 5.41 Å². The smallest absolute Gasteiger partial charge is 0.226 e. The molecule has 0 atom stereocenters. The molecule has 0 unspecified atom stereocenters. The lowest BCUT2D eigenvalue weighted by molar-refractivity contribution is -0.129. The largest absolute Gasteiger partial charge is 0.355 e. The molecule has 100 valence electrons. The van der Waals surface area contributed by atoms with Crippen LogP contribution in [0.15, 0.2) is 24.5 Å². The lowest BCUT2D eigenvalue weighted by Gasteiger charge is -2.28. The minimum absolute atomic E-state index is 0.0121. The second-order valence-corrected chi connectivity index (χ2v) is 5.90. The van der Waals surface area contributed by atoms with Gasteiger partial charge in [0.2, 0.25) is 5.91 Å². The Bertz CT molecular complexity index is 399. The second-order valence-electron chi connectivity index (χ2n) is 5.90. The van der Waals surface area contributed by atoms with Gasteiger partial charge >= 0.3 is 0 Å². The SMILES string of the molecule is CC(C)(CN)C(=O)NCC(C)(C)c1cccnc1. The van der Waals surface area contributed by atoms with Gasteiger partial charge in [0.25, 0.3) is 0 Å². The summed E-state index contributed by atoms with van der Waals surface area (Å²) in [7, 11) is 0. The fourth-order valence-electron chi connectivity index (χ4n) is 1.50. The van der Waals surface area contributed by atoms with Crippen molar-refractivity contribution < 1.29 is 4.79 Å². The fraction of sp³-hybridized carbons (Fsp3) is 0.571. The number of aromatic nitrogens is 1. The van der Waals surface area contributed by atoms with Crippen molar-refractivity contribution in [3.05, 3.63) is 30.1 Å². The first-order valence-electron chi connectivity index (χ1n) is 6.18. The molecule has 0 bridgehead atoms. The van der Waals surface area contributed by atoms with E-state index in [1.165, 1.54) is 0 Å². The van der Waals surface area contributed by atoms with Crippen LogP contribution in [0.25, 0.3) is 0 Å². The maximum absolute atomic E-state index is 12.0. The molecule has 0 saturated heterocycles. The van der Waals surface area contributed by atoms with Crippen LogP contribution in [-0.2, 0) is 10.2 Å². The van der Waals surface area contributed by atoms with E-state index in [-0.39, 0.29) is 11.3 Å². The molecule has 3 N–H and O–H groups in total. The minimum atomic E-state index is -0.523. The van der Waals surface area contributed by atoms with Crippen LogP contribution in [0.5, 0.6) is 0 Å². The third-order valence-corrected chi connectivity index (χ3v) is 3.26. The molecule has 0 radical (unpaired) electrons. The van der Waals surface area contributed by atoms with E-state index < -0.39 is 5.41 Å². The average molecular weight is 249 g/mol. The van der Waals surface area contributed by atoms with E-state index in [9.17, 15) is 4.79 Å². The van der Waals surface area contributed by atoms with E-state index in [1.807, 2.05) is 32.2 Å². The molecule has 1 aromatic heterocycles. The van der Waals surface area contributed by atoms with Crippen LogP contribution in [0.1, 0.15) is 33.3 Å². The molecule has 0 aliphatic carbocycles. The first-order valence-corrected chi connectivity index (χ1v) is 6.18. The lowest BCUT2D eigenvalue weighted by atomic mass is 9.85. The summed E-state index contributed by atoms with van der Waals surface area (Å²) in [6.07, 6.45) is 3.58. The van der Waals surface area contributed by atoms with E-state index in [0.29, 0.717) is 13.1 Å². The third kappa shape index (κ3) is 3.53. The number of nitrogens with one attached hydrogen (secondary N) is 1. The highest BCUT2D eigenvalue weighted by Crippen LogP contribution is 2.21. The van der Waals surface area contributed by atoms with Gasteiger partial charge in [0.05, 0.1) is 5.41 Å². The van der Waals surface area contributed by atoms with Crippen LogP contribution in [0.4, 0.5) is 0 Å². The van der Waals surface area contributed by atoms with Crippen molar-refractivity contribution in [1.82, 2.24) is 10.3 Å². The number of carbonyl (C=O) groups is 1. The molecule has 4 heteroatoms. The molecular weight excluding hydrogens is 226 g/mol. The molecule has 0 fully saturated rings. The molecule has 1 aromatic rings. The maximum Gasteiger partial charge on any atom is 0.226 e. The summed E-state index contributed by atoms with van der Waals surface area (Å²) >= 11 is 0. The molecule has 1 heterocycles. The van der Waals surface area contributed by atoms with Gasteiger partial charge in [-0.05, 0) is 25.5 Å². The molecule has 4 nitrogen and oxygen atoms in total. The Morgan fingerprint density at radius 3 is 2.56 bits per heavy atom. The molecule has 0 saturated carbocycles. The van der Waals surface area contributed by atoms with Gasteiger partial charge in [-0.3, -0.25) is 9.78 Å². The number of nitrogens with two attached hydrogens (primary N) is 1. The molecular formula is C14H23N3O. The van der Waals surface area contributed by atoms with Gasteiger partial charge in [-0.15, -0.1) is 0 Å². The first-order chi connectivity index (χ1) is 8.29. The van der Waals surface area contributed by atoms with Crippen molar-refractivity contribution in [3.8, 4) is 0 Å². The maximum atomic E-state index is 12.0. The van der Waals surface area contributed by atoms with Gasteiger partial charge in [0.1, 0.15) is 0 Å². The van der Waals surface area contributed by atoms with E-state index >= 15 is 0 Å². The number of hydrogen-bond acceptors (Lipinski definition) is 3. The summed E-state index contributed by atoms with van der Waals surface area (Å²) in [5, 5.41) is 2.97. The monoisotopic (exact) mass is 249 g/mol. The molecule has 0 aromatic carbocycles. The second kappa shape index (κ2) is 5.48. The first kappa shape index (κ1) is 14.6. The Morgan fingerprint density at radius 1 is 1.39 bits per heavy atom. The van der Waals surface area contributed by atoms with Crippen molar-refractivity contribution in [1.29, 1.82) is 0 Å². The van der Waals surface area contributed by atoms with Crippen LogP contribution >= 0.6 is 0 Å². The Labute approximate surface area is 109 Å². The quantitative estimate of drug-likeness (QED) is 0.830. The van der Waals surface area contributed by atoms with E-state index in [0.717, 1.165) is 5.56 Å². The molecule has 1 rings (SSSR count). The van der Waals surface area contributed by atoms with Crippen LogP contribution < -0.4 is 11.1 Å². The van der Waals surface area contributed by atoms with Gasteiger partial charge < -0.3 is 11.1 Å². The van der Waals surface area contributed by atoms with Crippen LogP contribution in [0.3, 0.4) is 0 Å². The molecule has 18 heavy (non-hydrogen) atoms. The zero-order chi connectivity index (χ0) is 13.8. The minimum Gasteiger partial charge on any atom is -0.355 e. The number of nitrogens with zero attached hydrogens (tertiary/aromatic N) is 1. The van der Waals surface area contributed by atoms with E-state index in [4.69, 9.17) is 5.73 Å². The molecule has 1 amide bonds. The summed E-state index contributed by atoms with van der Waals surface area (Å²) in [5.41, 5.74) is 6.03. The van der Waals surface area contributed by atoms with Gasteiger partial charge in [-0.1, -0.05) is 19.9 Å². The van der Waals surface area contributed by atoms with Gasteiger partial charge in [0.15, 0.2) is 0 Å². The zero-order valence-electron chi connectivity index (χ0n) is 11.7. The summed E-state index contributed by atoms with van der Waals surface area (Å²) in [5.74, 6) is -0.0121. The highest BCUT2D eigenvalue weighted by molar-refractivity contribution is 5.82. The topological polar surface area (TPSA) is 68.0 Å². The van der Waals surface area contributed by atoms with Gasteiger partial charge in [-0.2, -0.15) is 0 Å². The lowest BCUT2D eigenvalue weighted by Crippen LogP contribution is -2.45. The van der Waals surface area contributed by atoms with Crippen molar-refractivity contribution in [3.63, 3.8) is 0 Å².